The molecule has 3 heterocycles. The van der Waals surface area contributed by atoms with Crippen LogP contribution in [0.5, 0.6) is 0 Å². The van der Waals surface area contributed by atoms with Gasteiger partial charge in [0.2, 0.25) is 0 Å². The normalized spacial score (nSPS) is 11.9. The number of pyridine rings is 2. The highest BCUT2D eigenvalue weighted by Crippen LogP contribution is 2.39. The lowest BCUT2D eigenvalue weighted by atomic mass is 10.0. The molecule has 0 amide bonds. The van der Waals surface area contributed by atoms with Crippen LogP contribution in [0.25, 0.3) is 32.9 Å². The largest absolute Gasteiger partial charge is 0.416 e. The lowest BCUT2D eigenvalue weighted by molar-refractivity contribution is -0.137. The van der Waals surface area contributed by atoms with E-state index in [9.17, 15) is 22.8 Å². The van der Waals surface area contributed by atoms with Gasteiger partial charge in [0.05, 0.1) is 23.3 Å². The summed E-state index contributed by atoms with van der Waals surface area (Å²) in [7, 11) is 0. The standard InChI is InChI=1S/C26H17ClF3N3O2/c1-14(34)23-22(18-6-4-10-31-25(18)35)19-12-17(26(28,29)30)8-9-21(19)33(23)13-16-11-15-5-2-3-7-20(15)32-24(16)27/h2-12H,13H2,1H3,(H,31,35). The molecule has 0 unspecified atom stereocenters. The number of nitrogens with zero attached hydrogens (tertiary/aromatic N) is 2. The third kappa shape index (κ3) is 4.00. The van der Waals surface area contributed by atoms with Crippen LogP contribution in [0.4, 0.5) is 13.2 Å². The van der Waals surface area contributed by atoms with Crippen molar-refractivity contribution in [3.05, 3.63) is 99.2 Å². The zero-order valence-electron chi connectivity index (χ0n) is 18.3. The summed E-state index contributed by atoms with van der Waals surface area (Å²) >= 11 is 6.46. The predicted molar refractivity (Wildman–Crippen MR) is 129 cm³/mol. The number of hydrogen-bond donors (Lipinski definition) is 1. The van der Waals surface area contributed by atoms with Gasteiger partial charge in [-0.15, -0.1) is 0 Å². The number of ketones is 1. The van der Waals surface area contributed by atoms with Crippen LogP contribution < -0.4 is 5.56 Å². The zero-order chi connectivity index (χ0) is 24.9. The summed E-state index contributed by atoms with van der Waals surface area (Å²) < 4.78 is 42.3. The Morgan fingerprint density at radius 1 is 1.09 bits per heavy atom. The van der Waals surface area contributed by atoms with E-state index in [4.69, 9.17) is 11.6 Å². The number of aromatic nitrogens is 3. The van der Waals surface area contributed by atoms with Crippen molar-refractivity contribution in [1.29, 1.82) is 0 Å². The van der Waals surface area contributed by atoms with Gasteiger partial charge in [0.25, 0.3) is 5.56 Å². The van der Waals surface area contributed by atoms with E-state index in [1.165, 1.54) is 25.3 Å². The third-order valence-electron chi connectivity index (χ3n) is 5.89. The minimum atomic E-state index is -4.60. The van der Waals surface area contributed by atoms with E-state index in [1.54, 1.807) is 10.6 Å². The average Bonchev–Trinajstić information content (AvgIpc) is 3.13. The first-order valence-electron chi connectivity index (χ1n) is 10.6. The number of fused-ring (bicyclic) bond motifs is 2. The lowest BCUT2D eigenvalue weighted by Gasteiger charge is -2.12. The SMILES string of the molecule is CC(=O)c1c(-c2ccc[nH]c2=O)c2cc(C(F)(F)F)ccc2n1Cc1cc2ccccc2nc1Cl. The number of rotatable bonds is 4. The van der Waals surface area contributed by atoms with Gasteiger partial charge < -0.3 is 9.55 Å². The molecule has 2 aromatic carbocycles. The molecule has 5 aromatic rings. The number of benzene rings is 2. The fourth-order valence-electron chi connectivity index (χ4n) is 4.37. The first-order valence-corrected chi connectivity index (χ1v) is 11.0. The van der Waals surface area contributed by atoms with Gasteiger partial charge >= 0.3 is 6.18 Å². The van der Waals surface area contributed by atoms with Crippen LogP contribution in [0.1, 0.15) is 28.5 Å². The quantitative estimate of drug-likeness (QED) is 0.229. The highest BCUT2D eigenvalue weighted by molar-refractivity contribution is 6.30. The summed E-state index contributed by atoms with van der Waals surface area (Å²) in [5, 5.41) is 1.18. The molecule has 0 aliphatic rings. The molecular weight excluding hydrogens is 479 g/mol. The van der Waals surface area contributed by atoms with Crippen molar-refractivity contribution < 1.29 is 18.0 Å². The maximum absolute atomic E-state index is 13.6. The second-order valence-electron chi connectivity index (χ2n) is 8.14. The van der Waals surface area contributed by atoms with Gasteiger partial charge in [-0.1, -0.05) is 29.8 Å². The summed E-state index contributed by atoms with van der Waals surface area (Å²) in [4.78, 5) is 32.5. The Labute approximate surface area is 201 Å². The summed E-state index contributed by atoms with van der Waals surface area (Å²) in [5.74, 6) is -0.405. The van der Waals surface area contributed by atoms with Crippen molar-refractivity contribution in [2.45, 2.75) is 19.6 Å². The number of H-pyrrole nitrogens is 1. The number of carbonyl (C=O) groups is 1. The number of para-hydroxylation sites is 1. The van der Waals surface area contributed by atoms with Gasteiger partial charge in [0.15, 0.2) is 5.78 Å². The Bertz CT molecular complexity index is 1690. The van der Waals surface area contributed by atoms with E-state index in [-0.39, 0.29) is 33.9 Å². The molecule has 3 aromatic heterocycles. The maximum Gasteiger partial charge on any atom is 0.416 e. The van der Waals surface area contributed by atoms with Crippen LogP contribution in [0, 0.1) is 0 Å². The lowest BCUT2D eigenvalue weighted by Crippen LogP contribution is -2.12. The van der Waals surface area contributed by atoms with Crippen LogP contribution in [0.2, 0.25) is 5.15 Å². The van der Waals surface area contributed by atoms with Gasteiger partial charge in [-0.25, -0.2) is 4.98 Å². The van der Waals surface area contributed by atoms with Gasteiger partial charge in [0.1, 0.15) is 5.15 Å². The van der Waals surface area contributed by atoms with E-state index in [1.807, 2.05) is 30.3 Å². The zero-order valence-corrected chi connectivity index (χ0v) is 19.0. The van der Waals surface area contributed by atoms with Gasteiger partial charge in [-0.2, -0.15) is 13.2 Å². The monoisotopic (exact) mass is 495 g/mol. The fraction of sp³-hybridized carbons (Fsp3) is 0.115. The van der Waals surface area contributed by atoms with Crippen molar-refractivity contribution in [2.24, 2.45) is 0 Å². The van der Waals surface area contributed by atoms with Crippen molar-refractivity contribution in [2.75, 3.05) is 0 Å². The molecule has 0 atom stereocenters. The summed E-state index contributed by atoms with van der Waals surface area (Å²) in [6.07, 6.45) is -3.18. The predicted octanol–water partition coefficient (Wildman–Crippen LogP) is 6.47. The Hall–Kier alpha value is -3.91. The smallest absolute Gasteiger partial charge is 0.333 e. The number of Topliss-reactive ketones (excluding diaryl/α,β-unsaturated/α-hetero) is 1. The van der Waals surface area contributed by atoms with Crippen LogP contribution >= 0.6 is 11.6 Å². The van der Waals surface area contributed by atoms with Crippen molar-refractivity contribution in [1.82, 2.24) is 14.5 Å². The topological polar surface area (TPSA) is 67.8 Å². The summed E-state index contributed by atoms with van der Waals surface area (Å²) in [6.45, 7) is 1.38. The number of nitrogens with one attached hydrogen (secondary N) is 1. The van der Waals surface area contributed by atoms with Crippen LogP contribution in [0.15, 0.2) is 71.7 Å². The molecule has 0 spiro atoms. The van der Waals surface area contributed by atoms with Crippen LogP contribution in [-0.4, -0.2) is 20.3 Å². The Morgan fingerprint density at radius 2 is 1.86 bits per heavy atom. The van der Waals surface area contributed by atoms with E-state index in [2.05, 4.69) is 9.97 Å². The molecule has 35 heavy (non-hydrogen) atoms. The first kappa shape index (κ1) is 22.9. The van der Waals surface area contributed by atoms with E-state index in [0.29, 0.717) is 16.6 Å². The molecule has 176 valence electrons. The van der Waals surface area contributed by atoms with Crippen molar-refractivity contribution in [3.8, 4) is 11.1 Å². The molecule has 0 saturated carbocycles. The molecule has 1 N–H and O–H groups in total. The molecule has 0 bridgehead atoms. The third-order valence-corrected chi connectivity index (χ3v) is 6.22. The summed E-state index contributed by atoms with van der Waals surface area (Å²) in [5.41, 5.74) is 0.600. The molecule has 0 fully saturated rings. The number of hydrogen-bond acceptors (Lipinski definition) is 3. The Balaban J connectivity index is 1.84. The number of aromatic amines is 1. The molecule has 5 rings (SSSR count). The average molecular weight is 496 g/mol. The second kappa shape index (κ2) is 8.39. The van der Waals surface area contributed by atoms with Gasteiger partial charge in [0, 0.05) is 46.1 Å². The van der Waals surface area contributed by atoms with Crippen LogP contribution in [-0.2, 0) is 12.7 Å². The first-order chi connectivity index (χ1) is 16.6. The van der Waals surface area contributed by atoms with E-state index >= 15 is 0 Å². The molecule has 0 saturated heterocycles. The van der Waals surface area contributed by atoms with Crippen molar-refractivity contribution in [3.63, 3.8) is 0 Å². The summed E-state index contributed by atoms with van der Waals surface area (Å²) in [6, 6.07) is 15.5. The minimum absolute atomic E-state index is 0.0676. The Morgan fingerprint density at radius 3 is 2.57 bits per heavy atom. The highest BCUT2D eigenvalue weighted by Gasteiger charge is 2.32. The maximum atomic E-state index is 13.6. The van der Waals surface area contributed by atoms with Crippen molar-refractivity contribution >= 4 is 39.2 Å². The minimum Gasteiger partial charge on any atom is -0.333 e. The highest BCUT2D eigenvalue weighted by atomic mass is 35.5. The molecule has 0 aliphatic carbocycles. The van der Waals surface area contributed by atoms with Gasteiger partial charge in [-0.3, -0.25) is 9.59 Å². The van der Waals surface area contributed by atoms with Gasteiger partial charge in [-0.05, 0) is 42.5 Å². The molecule has 0 aliphatic heterocycles. The van der Waals surface area contributed by atoms with E-state index in [0.717, 1.165) is 17.5 Å². The second-order valence-corrected chi connectivity index (χ2v) is 8.50. The number of alkyl halides is 3. The Kier molecular flexibility index (Phi) is 5.48. The number of carbonyl (C=O) groups excluding carboxylic acids is 1. The molecule has 5 nitrogen and oxygen atoms in total. The molecule has 9 heteroatoms. The molecule has 0 radical (unpaired) electrons. The molecular formula is C26H17ClF3N3O2. The van der Waals surface area contributed by atoms with E-state index < -0.39 is 23.1 Å². The number of halogens is 4. The fourth-order valence-corrected chi connectivity index (χ4v) is 4.58. The van der Waals surface area contributed by atoms with Crippen LogP contribution in [0.3, 0.4) is 0 Å².